The molecule has 0 unspecified atom stereocenters. The lowest BCUT2D eigenvalue weighted by molar-refractivity contribution is 0.232. The van der Waals surface area contributed by atoms with Crippen molar-refractivity contribution in [3.05, 3.63) is 34.9 Å². The second-order valence-electron chi connectivity index (χ2n) is 5.18. The van der Waals surface area contributed by atoms with Gasteiger partial charge in [-0.05, 0) is 39.1 Å². The van der Waals surface area contributed by atoms with E-state index in [1.54, 1.807) is 0 Å². The maximum absolute atomic E-state index is 6.16. The molecule has 2 nitrogen and oxygen atoms in total. The topological polar surface area (TPSA) is 15.3 Å². The first kappa shape index (κ1) is 14.5. The number of halogens is 1. The zero-order chi connectivity index (χ0) is 12.9. The second-order valence-corrected chi connectivity index (χ2v) is 5.59. The van der Waals surface area contributed by atoms with Gasteiger partial charge in [0, 0.05) is 23.7 Å². The molecule has 0 aromatic heterocycles. The molecule has 0 aliphatic rings. The normalized spacial score (nSPS) is 12.1. The minimum atomic E-state index is 0.130. The molecule has 0 bridgehead atoms. The van der Waals surface area contributed by atoms with E-state index in [0.717, 1.165) is 24.7 Å². The van der Waals surface area contributed by atoms with E-state index in [4.69, 9.17) is 11.6 Å². The molecule has 0 radical (unpaired) electrons. The number of hydrogen-bond acceptors (Lipinski definition) is 2. The van der Waals surface area contributed by atoms with Crippen LogP contribution in [0.25, 0.3) is 0 Å². The summed E-state index contributed by atoms with van der Waals surface area (Å²) in [5, 5.41) is 4.33. The number of nitrogens with one attached hydrogen (secondary N) is 1. The van der Waals surface area contributed by atoms with Crippen LogP contribution in [0, 0.1) is 0 Å². The lowest BCUT2D eigenvalue weighted by Crippen LogP contribution is -2.47. The highest BCUT2D eigenvalue weighted by Crippen LogP contribution is 2.17. The molecular formula is C14H23ClN2. The highest BCUT2D eigenvalue weighted by molar-refractivity contribution is 6.31. The SMILES string of the molecule is CCNC(C)(C)CN(C)Cc1ccccc1Cl. The number of benzene rings is 1. The minimum absolute atomic E-state index is 0.130. The van der Waals surface area contributed by atoms with Gasteiger partial charge in [0.1, 0.15) is 0 Å². The van der Waals surface area contributed by atoms with Crippen molar-refractivity contribution in [1.82, 2.24) is 10.2 Å². The summed E-state index contributed by atoms with van der Waals surface area (Å²) in [4.78, 5) is 2.30. The van der Waals surface area contributed by atoms with Gasteiger partial charge >= 0.3 is 0 Å². The van der Waals surface area contributed by atoms with Crippen LogP contribution >= 0.6 is 11.6 Å². The Morgan fingerprint density at radius 2 is 1.94 bits per heavy atom. The fourth-order valence-electron chi connectivity index (χ4n) is 2.18. The summed E-state index contributed by atoms with van der Waals surface area (Å²) in [6, 6.07) is 8.03. The van der Waals surface area contributed by atoms with E-state index >= 15 is 0 Å². The molecule has 1 aromatic carbocycles. The Morgan fingerprint density at radius 3 is 2.53 bits per heavy atom. The molecule has 0 fully saturated rings. The summed E-state index contributed by atoms with van der Waals surface area (Å²) in [6.07, 6.45) is 0. The highest BCUT2D eigenvalue weighted by Gasteiger charge is 2.18. The summed E-state index contributed by atoms with van der Waals surface area (Å²) in [5.41, 5.74) is 1.31. The van der Waals surface area contributed by atoms with Gasteiger partial charge < -0.3 is 10.2 Å². The fraction of sp³-hybridized carbons (Fsp3) is 0.571. The van der Waals surface area contributed by atoms with E-state index in [1.165, 1.54) is 5.56 Å². The summed E-state index contributed by atoms with van der Waals surface area (Å²) in [5.74, 6) is 0. The van der Waals surface area contributed by atoms with Crippen LogP contribution in [0.15, 0.2) is 24.3 Å². The Hall–Kier alpha value is -0.570. The monoisotopic (exact) mass is 254 g/mol. The second kappa shape index (κ2) is 6.39. The van der Waals surface area contributed by atoms with Crippen molar-refractivity contribution in [3.8, 4) is 0 Å². The molecule has 0 atom stereocenters. The molecule has 17 heavy (non-hydrogen) atoms. The van der Waals surface area contributed by atoms with Crippen molar-refractivity contribution >= 4 is 11.6 Å². The van der Waals surface area contributed by atoms with Crippen LogP contribution in [-0.4, -0.2) is 30.6 Å². The van der Waals surface area contributed by atoms with Crippen LogP contribution in [0.2, 0.25) is 5.02 Å². The van der Waals surface area contributed by atoms with E-state index < -0.39 is 0 Å². The van der Waals surface area contributed by atoms with Gasteiger partial charge in [-0.15, -0.1) is 0 Å². The Labute approximate surface area is 110 Å². The zero-order valence-electron chi connectivity index (χ0n) is 11.3. The molecule has 0 heterocycles. The van der Waals surface area contributed by atoms with Crippen molar-refractivity contribution in [1.29, 1.82) is 0 Å². The minimum Gasteiger partial charge on any atom is -0.311 e. The average Bonchev–Trinajstić information content (AvgIpc) is 2.20. The molecule has 1 rings (SSSR count). The van der Waals surface area contributed by atoms with Crippen molar-refractivity contribution < 1.29 is 0 Å². The van der Waals surface area contributed by atoms with Crippen molar-refractivity contribution in [2.75, 3.05) is 20.1 Å². The van der Waals surface area contributed by atoms with Gasteiger partial charge in [-0.1, -0.05) is 36.7 Å². The number of rotatable bonds is 6. The summed E-state index contributed by atoms with van der Waals surface area (Å²) < 4.78 is 0. The molecule has 0 spiro atoms. The first-order chi connectivity index (χ1) is 7.94. The molecule has 3 heteroatoms. The number of hydrogen-bond donors (Lipinski definition) is 1. The van der Waals surface area contributed by atoms with E-state index in [1.807, 2.05) is 18.2 Å². The van der Waals surface area contributed by atoms with Crippen molar-refractivity contribution in [3.63, 3.8) is 0 Å². The maximum Gasteiger partial charge on any atom is 0.0451 e. The number of likely N-dealkylation sites (N-methyl/N-ethyl adjacent to an activating group) is 2. The smallest absolute Gasteiger partial charge is 0.0451 e. The van der Waals surface area contributed by atoms with Crippen LogP contribution in [0.3, 0.4) is 0 Å². The van der Waals surface area contributed by atoms with Crippen LogP contribution in [0.5, 0.6) is 0 Å². The molecule has 96 valence electrons. The first-order valence-electron chi connectivity index (χ1n) is 6.11. The standard InChI is InChI=1S/C14H23ClN2/c1-5-16-14(2,3)11-17(4)10-12-8-6-7-9-13(12)15/h6-9,16H,5,10-11H2,1-4H3. The highest BCUT2D eigenvalue weighted by atomic mass is 35.5. The maximum atomic E-state index is 6.16. The van der Waals surface area contributed by atoms with E-state index in [-0.39, 0.29) is 5.54 Å². The van der Waals surface area contributed by atoms with Gasteiger partial charge in [0.15, 0.2) is 0 Å². The largest absolute Gasteiger partial charge is 0.311 e. The van der Waals surface area contributed by atoms with Crippen LogP contribution in [0.4, 0.5) is 0 Å². The van der Waals surface area contributed by atoms with Gasteiger partial charge in [-0.3, -0.25) is 0 Å². The Bertz CT molecular complexity index is 350. The summed E-state index contributed by atoms with van der Waals surface area (Å²) in [7, 11) is 2.13. The van der Waals surface area contributed by atoms with Gasteiger partial charge in [0.25, 0.3) is 0 Å². The van der Waals surface area contributed by atoms with Gasteiger partial charge in [-0.25, -0.2) is 0 Å². The van der Waals surface area contributed by atoms with Crippen LogP contribution in [0.1, 0.15) is 26.3 Å². The lowest BCUT2D eigenvalue weighted by Gasteiger charge is -2.31. The van der Waals surface area contributed by atoms with Crippen molar-refractivity contribution in [2.45, 2.75) is 32.9 Å². The van der Waals surface area contributed by atoms with Crippen molar-refractivity contribution in [2.24, 2.45) is 0 Å². The van der Waals surface area contributed by atoms with Gasteiger partial charge in [-0.2, -0.15) is 0 Å². The fourth-order valence-corrected chi connectivity index (χ4v) is 2.38. The Balaban J connectivity index is 2.55. The predicted octanol–water partition coefficient (Wildman–Crippen LogP) is 3.16. The predicted molar refractivity (Wildman–Crippen MR) is 75.5 cm³/mol. The summed E-state index contributed by atoms with van der Waals surface area (Å²) in [6.45, 7) is 9.45. The average molecular weight is 255 g/mol. The molecule has 0 saturated carbocycles. The third-order valence-electron chi connectivity index (χ3n) is 2.72. The molecule has 0 saturated heterocycles. The van der Waals surface area contributed by atoms with Crippen LogP contribution < -0.4 is 5.32 Å². The third-order valence-corrected chi connectivity index (χ3v) is 3.09. The zero-order valence-corrected chi connectivity index (χ0v) is 12.0. The molecular weight excluding hydrogens is 232 g/mol. The van der Waals surface area contributed by atoms with E-state index in [9.17, 15) is 0 Å². The van der Waals surface area contributed by atoms with Crippen LogP contribution in [-0.2, 0) is 6.54 Å². The van der Waals surface area contributed by atoms with E-state index in [2.05, 4.69) is 44.1 Å². The molecule has 0 aliphatic heterocycles. The summed E-state index contributed by atoms with van der Waals surface area (Å²) >= 11 is 6.16. The molecule has 0 aliphatic carbocycles. The lowest BCUT2D eigenvalue weighted by atomic mass is 10.0. The molecule has 0 amide bonds. The number of nitrogens with zero attached hydrogens (tertiary/aromatic N) is 1. The quantitative estimate of drug-likeness (QED) is 0.839. The molecule has 1 aromatic rings. The Kier molecular flexibility index (Phi) is 5.44. The first-order valence-corrected chi connectivity index (χ1v) is 6.49. The van der Waals surface area contributed by atoms with Gasteiger partial charge in [0.05, 0.1) is 0 Å². The Morgan fingerprint density at radius 1 is 1.29 bits per heavy atom. The third kappa shape index (κ3) is 5.07. The molecule has 1 N–H and O–H groups in total. The van der Waals surface area contributed by atoms with E-state index in [0.29, 0.717) is 0 Å². The van der Waals surface area contributed by atoms with Gasteiger partial charge in [0.2, 0.25) is 0 Å².